The van der Waals surface area contributed by atoms with E-state index in [9.17, 15) is 0 Å². The topological polar surface area (TPSA) is 96.7 Å². The highest BCUT2D eigenvalue weighted by Crippen LogP contribution is 2.28. The number of aromatic amines is 1. The number of aliphatic imine (C=N–C) groups is 1. The molecule has 8 heteroatoms. The highest BCUT2D eigenvalue weighted by Gasteiger charge is 2.19. The number of aromatic nitrogens is 6. The van der Waals surface area contributed by atoms with Gasteiger partial charge in [-0.1, -0.05) is 24.3 Å². The molecule has 0 saturated heterocycles. The summed E-state index contributed by atoms with van der Waals surface area (Å²) < 4.78 is 2.17. The van der Waals surface area contributed by atoms with E-state index in [-0.39, 0.29) is 6.04 Å². The van der Waals surface area contributed by atoms with Gasteiger partial charge in [0.15, 0.2) is 11.5 Å². The zero-order valence-corrected chi connectivity index (χ0v) is 16.6. The summed E-state index contributed by atoms with van der Waals surface area (Å²) in [4.78, 5) is 24.9. The average Bonchev–Trinajstić information content (AvgIpc) is 3.39. The van der Waals surface area contributed by atoms with Crippen LogP contribution in [0.15, 0.2) is 66.2 Å². The fourth-order valence-electron chi connectivity index (χ4n) is 3.64. The molecule has 3 heterocycles. The Hall–Kier alpha value is -4.07. The average molecular weight is 396 g/mol. The van der Waals surface area contributed by atoms with Gasteiger partial charge in [0, 0.05) is 18.9 Å². The van der Waals surface area contributed by atoms with E-state index in [0.29, 0.717) is 11.5 Å². The number of rotatable bonds is 5. The van der Waals surface area contributed by atoms with Crippen molar-refractivity contribution in [3.8, 4) is 5.69 Å². The van der Waals surface area contributed by atoms with Crippen LogP contribution in [0.4, 0.5) is 5.82 Å². The number of fused-ring (bicyclic) bond motifs is 2. The molecule has 1 atom stereocenters. The Morgan fingerprint density at radius 2 is 2.00 bits per heavy atom. The van der Waals surface area contributed by atoms with Crippen molar-refractivity contribution < 1.29 is 0 Å². The summed E-state index contributed by atoms with van der Waals surface area (Å²) in [6, 6.07) is 16.3. The molecule has 8 nitrogen and oxygen atoms in total. The van der Waals surface area contributed by atoms with Crippen LogP contribution in [0.5, 0.6) is 0 Å². The first-order valence-electron chi connectivity index (χ1n) is 9.65. The first kappa shape index (κ1) is 18.0. The van der Waals surface area contributed by atoms with Crippen molar-refractivity contribution in [1.29, 1.82) is 0 Å². The van der Waals surface area contributed by atoms with Gasteiger partial charge in [0.05, 0.1) is 23.4 Å². The second-order valence-corrected chi connectivity index (χ2v) is 6.97. The van der Waals surface area contributed by atoms with E-state index < -0.39 is 0 Å². The standard InChI is InChI=1S/C22H20N8/c1-14(28-21-19-20(25-12-24-19)26-13-27-21)22-29-17-8-3-4-9-18(17)30(22)16-7-5-6-15(10-16)11-23-2/h3-14H,1-2H3,(H2,24,25,26,27,28). The number of hydrogen-bond acceptors (Lipinski definition) is 6. The lowest BCUT2D eigenvalue weighted by Crippen LogP contribution is -2.14. The van der Waals surface area contributed by atoms with Crippen LogP contribution < -0.4 is 5.32 Å². The highest BCUT2D eigenvalue weighted by molar-refractivity contribution is 5.83. The predicted octanol–water partition coefficient (Wildman–Crippen LogP) is 3.91. The van der Waals surface area contributed by atoms with E-state index >= 15 is 0 Å². The van der Waals surface area contributed by atoms with Crippen LogP contribution in [0.1, 0.15) is 24.4 Å². The molecule has 0 radical (unpaired) electrons. The van der Waals surface area contributed by atoms with E-state index in [0.717, 1.165) is 33.6 Å². The molecule has 0 bridgehead atoms. The molecule has 0 aliphatic carbocycles. The number of H-pyrrole nitrogens is 1. The van der Waals surface area contributed by atoms with Crippen molar-refractivity contribution in [3.63, 3.8) is 0 Å². The van der Waals surface area contributed by atoms with E-state index in [1.807, 2.05) is 36.5 Å². The summed E-state index contributed by atoms with van der Waals surface area (Å²) in [5, 5.41) is 3.47. The molecule has 0 saturated carbocycles. The molecular formula is C22H20N8. The maximum Gasteiger partial charge on any atom is 0.182 e. The highest BCUT2D eigenvalue weighted by atomic mass is 15.2. The van der Waals surface area contributed by atoms with Crippen LogP contribution in [0.3, 0.4) is 0 Å². The lowest BCUT2D eigenvalue weighted by Gasteiger charge is -2.17. The minimum Gasteiger partial charge on any atom is -0.358 e. The van der Waals surface area contributed by atoms with Gasteiger partial charge in [-0.25, -0.2) is 19.9 Å². The maximum atomic E-state index is 4.93. The first-order valence-corrected chi connectivity index (χ1v) is 9.65. The zero-order chi connectivity index (χ0) is 20.5. The Bertz CT molecular complexity index is 1360. The van der Waals surface area contributed by atoms with Gasteiger partial charge in [-0.2, -0.15) is 0 Å². The fraction of sp³-hybridized carbons (Fsp3) is 0.136. The molecular weight excluding hydrogens is 376 g/mol. The van der Waals surface area contributed by atoms with Gasteiger partial charge in [-0.3, -0.25) is 9.56 Å². The first-order chi connectivity index (χ1) is 14.7. The Kier molecular flexibility index (Phi) is 4.44. The predicted molar refractivity (Wildman–Crippen MR) is 118 cm³/mol. The quantitative estimate of drug-likeness (QED) is 0.439. The molecule has 2 aromatic carbocycles. The third kappa shape index (κ3) is 3.08. The largest absolute Gasteiger partial charge is 0.358 e. The molecule has 148 valence electrons. The lowest BCUT2D eigenvalue weighted by atomic mass is 10.2. The Labute approximate surface area is 172 Å². The van der Waals surface area contributed by atoms with Crippen LogP contribution in [0, 0.1) is 0 Å². The molecule has 30 heavy (non-hydrogen) atoms. The maximum absolute atomic E-state index is 4.93. The SMILES string of the molecule is CN=Cc1cccc(-n2c(C(C)Nc3ncnc4nc[nH]c34)nc3ccccc32)c1. The molecule has 5 aromatic rings. The second kappa shape index (κ2) is 7.40. The zero-order valence-electron chi connectivity index (χ0n) is 16.6. The van der Waals surface area contributed by atoms with Crippen LogP contribution in [0.2, 0.25) is 0 Å². The molecule has 0 aliphatic heterocycles. The van der Waals surface area contributed by atoms with Gasteiger partial charge >= 0.3 is 0 Å². The summed E-state index contributed by atoms with van der Waals surface area (Å²) in [6.07, 6.45) is 4.97. The van der Waals surface area contributed by atoms with Gasteiger partial charge in [0.1, 0.15) is 17.7 Å². The summed E-state index contributed by atoms with van der Waals surface area (Å²) in [5.74, 6) is 1.57. The third-order valence-corrected chi connectivity index (χ3v) is 4.96. The smallest absolute Gasteiger partial charge is 0.182 e. The molecule has 2 N–H and O–H groups in total. The van der Waals surface area contributed by atoms with Crippen LogP contribution >= 0.6 is 0 Å². The number of benzene rings is 2. The van der Waals surface area contributed by atoms with Crippen molar-refractivity contribution in [3.05, 3.63) is 72.6 Å². The van der Waals surface area contributed by atoms with Crippen LogP contribution in [-0.2, 0) is 0 Å². The third-order valence-electron chi connectivity index (χ3n) is 4.96. The van der Waals surface area contributed by atoms with Crippen molar-refractivity contribution in [2.24, 2.45) is 4.99 Å². The summed E-state index contributed by atoms with van der Waals surface area (Å²) in [7, 11) is 1.77. The second-order valence-electron chi connectivity index (χ2n) is 6.97. The van der Waals surface area contributed by atoms with Crippen LogP contribution in [-0.4, -0.2) is 42.7 Å². The summed E-state index contributed by atoms with van der Waals surface area (Å²) in [6.45, 7) is 2.07. The van der Waals surface area contributed by atoms with Crippen LogP contribution in [0.25, 0.3) is 27.9 Å². The Morgan fingerprint density at radius 3 is 2.90 bits per heavy atom. The van der Waals surface area contributed by atoms with E-state index in [2.05, 4.69) is 59.9 Å². The number of nitrogens with one attached hydrogen (secondary N) is 2. The van der Waals surface area contributed by atoms with Gasteiger partial charge in [0.25, 0.3) is 0 Å². The van der Waals surface area contributed by atoms with E-state index in [1.54, 1.807) is 13.4 Å². The Balaban J connectivity index is 1.63. The minimum absolute atomic E-state index is 0.123. The molecule has 5 rings (SSSR count). The molecule has 0 spiro atoms. The van der Waals surface area contributed by atoms with Gasteiger partial charge in [0.2, 0.25) is 0 Å². The molecule has 3 aromatic heterocycles. The molecule has 0 amide bonds. The minimum atomic E-state index is -0.123. The monoisotopic (exact) mass is 396 g/mol. The number of nitrogens with zero attached hydrogens (tertiary/aromatic N) is 6. The number of para-hydroxylation sites is 2. The van der Waals surface area contributed by atoms with Gasteiger partial charge in [-0.15, -0.1) is 0 Å². The summed E-state index contributed by atoms with van der Waals surface area (Å²) in [5.41, 5.74) is 5.44. The normalized spacial score (nSPS) is 12.7. The van der Waals surface area contributed by atoms with E-state index in [1.165, 1.54) is 6.33 Å². The number of anilines is 1. The molecule has 1 unspecified atom stereocenters. The van der Waals surface area contributed by atoms with Crippen molar-refractivity contribution in [2.45, 2.75) is 13.0 Å². The summed E-state index contributed by atoms with van der Waals surface area (Å²) >= 11 is 0. The molecule has 0 aliphatic rings. The van der Waals surface area contributed by atoms with Crippen molar-refractivity contribution in [1.82, 2.24) is 29.5 Å². The van der Waals surface area contributed by atoms with E-state index in [4.69, 9.17) is 4.98 Å². The van der Waals surface area contributed by atoms with Crippen molar-refractivity contribution >= 4 is 34.2 Å². The van der Waals surface area contributed by atoms with Crippen molar-refractivity contribution in [2.75, 3.05) is 12.4 Å². The lowest BCUT2D eigenvalue weighted by molar-refractivity contribution is 0.769. The number of hydrogen-bond donors (Lipinski definition) is 2. The fourth-order valence-corrected chi connectivity index (χ4v) is 3.64. The molecule has 0 fully saturated rings. The number of imidazole rings is 2. The van der Waals surface area contributed by atoms with Gasteiger partial charge in [-0.05, 0) is 36.8 Å². The Morgan fingerprint density at radius 1 is 1.10 bits per heavy atom. The van der Waals surface area contributed by atoms with Gasteiger partial charge < -0.3 is 10.3 Å².